The van der Waals surface area contributed by atoms with Crippen LogP contribution in [-0.4, -0.2) is 35.6 Å². The van der Waals surface area contributed by atoms with Crippen LogP contribution >= 0.6 is 11.8 Å². The quantitative estimate of drug-likeness (QED) is 0.749. The molecule has 0 atom stereocenters. The van der Waals surface area contributed by atoms with Gasteiger partial charge in [-0.05, 0) is 72.6 Å². The minimum Gasteiger partial charge on any atom is -0.496 e. The van der Waals surface area contributed by atoms with E-state index < -0.39 is 17.1 Å². The lowest BCUT2D eigenvalue weighted by atomic mass is 10.0. The third-order valence-corrected chi connectivity index (χ3v) is 5.19. The lowest BCUT2D eigenvalue weighted by Gasteiger charge is -2.12. The van der Waals surface area contributed by atoms with Gasteiger partial charge in [0.1, 0.15) is 18.1 Å². The molecule has 1 aromatic carbocycles. The number of rotatable bonds is 6. The highest BCUT2D eigenvalue weighted by Crippen LogP contribution is 2.33. The largest absolute Gasteiger partial charge is 0.496 e. The van der Waals surface area contributed by atoms with Gasteiger partial charge in [-0.2, -0.15) is 0 Å². The first-order valence-electron chi connectivity index (χ1n) is 8.58. The number of nitrogens with zero attached hydrogens (tertiary/aromatic N) is 1. The number of nitrogens with one attached hydrogen (secondary N) is 1. The highest BCUT2D eigenvalue weighted by atomic mass is 32.2. The van der Waals surface area contributed by atoms with Gasteiger partial charge in [0, 0.05) is 0 Å². The van der Waals surface area contributed by atoms with E-state index in [1.165, 1.54) is 6.26 Å². The van der Waals surface area contributed by atoms with Crippen molar-refractivity contribution in [3.05, 3.63) is 57.9 Å². The number of ether oxygens (including phenoxy) is 1. The van der Waals surface area contributed by atoms with E-state index >= 15 is 0 Å². The number of thioether (sulfide) groups is 1. The van der Waals surface area contributed by atoms with Gasteiger partial charge < -0.3 is 14.5 Å². The van der Waals surface area contributed by atoms with Gasteiger partial charge in [0.25, 0.3) is 11.1 Å². The second-order valence-electron chi connectivity index (χ2n) is 6.30. The summed E-state index contributed by atoms with van der Waals surface area (Å²) in [6.45, 7) is 3.68. The van der Waals surface area contributed by atoms with Crippen LogP contribution in [0.2, 0.25) is 0 Å². The predicted molar refractivity (Wildman–Crippen MR) is 106 cm³/mol. The Labute approximate surface area is 166 Å². The maximum absolute atomic E-state index is 12.6. The van der Waals surface area contributed by atoms with E-state index in [4.69, 9.17) is 9.15 Å². The third kappa shape index (κ3) is 4.28. The molecule has 1 aliphatic rings. The molecule has 3 rings (SSSR count). The lowest BCUT2D eigenvalue weighted by molar-refractivity contribution is -0.129. The second kappa shape index (κ2) is 8.35. The van der Waals surface area contributed by atoms with Gasteiger partial charge in [-0.25, -0.2) is 0 Å². The van der Waals surface area contributed by atoms with Crippen molar-refractivity contribution >= 4 is 34.9 Å². The third-order valence-electron chi connectivity index (χ3n) is 4.29. The van der Waals surface area contributed by atoms with Crippen LogP contribution < -0.4 is 10.1 Å². The van der Waals surface area contributed by atoms with E-state index in [9.17, 15) is 14.4 Å². The van der Waals surface area contributed by atoms with E-state index in [-0.39, 0.29) is 18.0 Å². The monoisotopic (exact) mass is 400 g/mol. The fourth-order valence-electron chi connectivity index (χ4n) is 2.76. The molecule has 0 spiro atoms. The molecule has 0 bridgehead atoms. The normalized spacial score (nSPS) is 15.4. The summed E-state index contributed by atoms with van der Waals surface area (Å²) in [7, 11) is 1.60. The predicted octanol–water partition coefficient (Wildman–Crippen LogP) is 3.26. The van der Waals surface area contributed by atoms with Gasteiger partial charge in [0.05, 0.1) is 24.8 Å². The zero-order chi connectivity index (χ0) is 20.3. The minimum absolute atomic E-state index is 0.197. The summed E-state index contributed by atoms with van der Waals surface area (Å²) in [5.41, 5.74) is 2.67. The van der Waals surface area contributed by atoms with Crippen LogP contribution in [0.25, 0.3) is 6.08 Å². The summed E-state index contributed by atoms with van der Waals surface area (Å²) < 4.78 is 10.4. The molecular formula is C20H20N2O5S. The SMILES string of the molecule is COc1cc(C)c(/C=C2\SC(=O)N(CC(=O)NCc3ccco3)C2=O)cc1C. The van der Waals surface area contributed by atoms with Crippen LogP contribution in [0.5, 0.6) is 5.75 Å². The number of hydrogen-bond acceptors (Lipinski definition) is 6. The summed E-state index contributed by atoms with van der Waals surface area (Å²) in [4.78, 5) is 38.1. The average molecular weight is 400 g/mol. The van der Waals surface area contributed by atoms with Crippen LogP contribution in [0.1, 0.15) is 22.5 Å². The summed E-state index contributed by atoms with van der Waals surface area (Å²) >= 11 is 0.828. The molecule has 1 aliphatic heterocycles. The van der Waals surface area contributed by atoms with Crippen LogP contribution in [-0.2, 0) is 16.1 Å². The molecule has 0 saturated carbocycles. The Morgan fingerprint density at radius 2 is 2.07 bits per heavy atom. The number of carbonyl (C=O) groups excluding carboxylic acids is 3. The van der Waals surface area contributed by atoms with Crippen molar-refractivity contribution in [1.29, 1.82) is 0 Å². The molecule has 28 heavy (non-hydrogen) atoms. The van der Waals surface area contributed by atoms with Gasteiger partial charge in [0.2, 0.25) is 5.91 Å². The Morgan fingerprint density at radius 3 is 2.75 bits per heavy atom. The highest BCUT2D eigenvalue weighted by molar-refractivity contribution is 8.18. The lowest BCUT2D eigenvalue weighted by Crippen LogP contribution is -2.39. The molecule has 3 amide bonds. The summed E-state index contributed by atoms with van der Waals surface area (Å²) in [5, 5.41) is 2.16. The summed E-state index contributed by atoms with van der Waals surface area (Å²) in [6.07, 6.45) is 3.18. The fraction of sp³-hybridized carbons (Fsp3) is 0.250. The number of hydrogen-bond donors (Lipinski definition) is 1. The van der Waals surface area contributed by atoms with E-state index in [0.717, 1.165) is 39.1 Å². The van der Waals surface area contributed by atoms with Crippen LogP contribution in [0.3, 0.4) is 0 Å². The number of carbonyl (C=O) groups is 3. The van der Waals surface area contributed by atoms with Crippen molar-refractivity contribution in [2.75, 3.05) is 13.7 Å². The average Bonchev–Trinajstić information content (AvgIpc) is 3.27. The number of amides is 3. The highest BCUT2D eigenvalue weighted by Gasteiger charge is 2.36. The van der Waals surface area contributed by atoms with Crippen LogP contribution in [0.4, 0.5) is 4.79 Å². The van der Waals surface area contributed by atoms with Gasteiger partial charge in [0.15, 0.2) is 0 Å². The van der Waals surface area contributed by atoms with Crippen LogP contribution in [0.15, 0.2) is 39.9 Å². The van der Waals surface area contributed by atoms with Crippen molar-refractivity contribution in [2.45, 2.75) is 20.4 Å². The molecule has 1 N–H and O–H groups in total. The molecule has 1 fully saturated rings. The van der Waals surface area contributed by atoms with Crippen molar-refractivity contribution < 1.29 is 23.5 Å². The Morgan fingerprint density at radius 1 is 1.29 bits per heavy atom. The van der Waals surface area contributed by atoms with E-state index in [2.05, 4.69) is 5.32 Å². The first-order valence-corrected chi connectivity index (χ1v) is 9.40. The first-order chi connectivity index (χ1) is 13.4. The van der Waals surface area contributed by atoms with E-state index in [1.54, 1.807) is 25.3 Å². The van der Waals surface area contributed by atoms with E-state index in [1.807, 2.05) is 26.0 Å². The fourth-order valence-corrected chi connectivity index (χ4v) is 3.59. The van der Waals surface area contributed by atoms with Gasteiger partial charge >= 0.3 is 0 Å². The Hall–Kier alpha value is -3.00. The zero-order valence-corrected chi connectivity index (χ0v) is 16.6. The van der Waals surface area contributed by atoms with Crippen molar-refractivity contribution in [2.24, 2.45) is 0 Å². The number of methoxy groups -OCH3 is 1. The zero-order valence-electron chi connectivity index (χ0n) is 15.8. The first kappa shape index (κ1) is 19.8. The molecule has 7 nitrogen and oxygen atoms in total. The molecule has 2 aromatic rings. The number of benzene rings is 1. The molecule has 0 radical (unpaired) electrons. The smallest absolute Gasteiger partial charge is 0.294 e. The molecule has 1 aromatic heterocycles. The van der Waals surface area contributed by atoms with Crippen molar-refractivity contribution in [3.63, 3.8) is 0 Å². The molecule has 0 unspecified atom stereocenters. The maximum Gasteiger partial charge on any atom is 0.294 e. The van der Waals surface area contributed by atoms with Crippen molar-refractivity contribution in [3.8, 4) is 5.75 Å². The number of furan rings is 1. The second-order valence-corrected chi connectivity index (χ2v) is 7.30. The molecule has 0 aliphatic carbocycles. The standard InChI is InChI=1S/C20H20N2O5S/c1-12-8-16(26-3)13(2)7-14(12)9-17-19(24)22(20(25)28-17)11-18(23)21-10-15-5-4-6-27-15/h4-9H,10-11H2,1-3H3,(H,21,23)/b17-9-. The Balaban J connectivity index is 1.70. The number of imide groups is 1. The molecule has 8 heteroatoms. The molecule has 2 heterocycles. The summed E-state index contributed by atoms with van der Waals surface area (Å²) in [5.74, 6) is 0.441. The maximum atomic E-state index is 12.6. The Kier molecular flexibility index (Phi) is 5.89. The van der Waals surface area contributed by atoms with Gasteiger partial charge in [-0.1, -0.05) is 0 Å². The molecular weight excluding hydrogens is 380 g/mol. The molecule has 146 valence electrons. The van der Waals surface area contributed by atoms with Gasteiger partial charge in [-0.3, -0.25) is 19.3 Å². The summed E-state index contributed by atoms with van der Waals surface area (Å²) in [6, 6.07) is 7.22. The van der Waals surface area contributed by atoms with Gasteiger partial charge in [-0.15, -0.1) is 0 Å². The van der Waals surface area contributed by atoms with Crippen molar-refractivity contribution in [1.82, 2.24) is 10.2 Å². The van der Waals surface area contributed by atoms with Crippen LogP contribution in [0, 0.1) is 13.8 Å². The molecule has 1 saturated heterocycles. The minimum atomic E-state index is -0.476. The topological polar surface area (TPSA) is 88.8 Å². The Bertz CT molecular complexity index is 950. The number of aryl methyl sites for hydroxylation is 2. The van der Waals surface area contributed by atoms with E-state index in [0.29, 0.717) is 5.76 Å².